The van der Waals surface area contributed by atoms with Crippen LogP contribution in [0.15, 0.2) is 18.2 Å². The predicted molar refractivity (Wildman–Crippen MR) is 46.8 cm³/mol. The first-order chi connectivity index (χ1) is 6.01. The quantitative estimate of drug-likeness (QED) is 0.484. The van der Waals surface area contributed by atoms with Crippen LogP contribution in [0.4, 0.5) is 0 Å². The smallest absolute Gasteiger partial charge is 0.321 e. The molecule has 0 fully saturated rings. The first-order valence-electron chi connectivity index (χ1n) is 4.07. The molecule has 0 radical (unpaired) electrons. The van der Waals surface area contributed by atoms with Gasteiger partial charge in [0.15, 0.2) is 0 Å². The summed E-state index contributed by atoms with van der Waals surface area (Å²) >= 11 is 0. The maximum Gasteiger partial charge on any atom is 0.321 e. The summed E-state index contributed by atoms with van der Waals surface area (Å²) in [6, 6.07) is 4.69. The number of esters is 1. The molecule has 0 saturated carbocycles. The first kappa shape index (κ1) is 8.10. The standard InChI is InChI=1S/C10H10O3/c1-10(2)7-5-6(11)3-4-8(7)13-9(10)12/h3-5,11H,1-2H3. The fourth-order valence-corrected chi connectivity index (χ4v) is 1.43. The van der Waals surface area contributed by atoms with Gasteiger partial charge < -0.3 is 9.84 Å². The van der Waals surface area contributed by atoms with Crippen molar-refractivity contribution < 1.29 is 14.6 Å². The fourth-order valence-electron chi connectivity index (χ4n) is 1.43. The average Bonchev–Trinajstić information content (AvgIpc) is 2.27. The Bertz CT molecular complexity index is 380. The van der Waals surface area contributed by atoms with Crippen molar-refractivity contribution in [3.63, 3.8) is 0 Å². The van der Waals surface area contributed by atoms with Crippen LogP contribution in [0.25, 0.3) is 0 Å². The molecule has 68 valence electrons. The van der Waals surface area contributed by atoms with E-state index in [2.05, 4.69) is 0 Å². The number of hydrogen-bond acceptors (Lipinski definition) is 3. The molecule has 0 bridgehead atoms. The summed E-state index contributed by atoms with van der Waals surface area (Å²) < 4.78 is 5.03. The fraction of sp³-hybridized carbons (Fsp3) is 0.300. The normalized spacial score (nSPS) is 18.2. The molecule has 0 saturated heterocycles. The van der Waals surface area contributed by atoms with Gasteiger partial charge in [-0.1, -0.05) is 0 Å². The number of carbonyl (C=O) groups is 1. The first-order valence-corrected chi connectivity index (χ1v) is 4.07. The second-order valence-corrected chi connectivity index (χ2v) is 3.69. The summed E-state index contributed by atoms with van der Waals surface area (Å²) in [5.74, 6) is 0.436. The van der Waals surface area contributed by atoms with E-state index in [1.165, 1.54) is 6.07 Å². The molecule has 0 unspecified atom stereocenters. The second-order valence-electron chi connectivity index (χ2n) is 3.69. The molecule has 1 aliphatic rings. The van der Waals surface area contributed by atoms with E-state index in [1.807, 2.05) is 0 Å². The Morgan fingerprint density at radius 2 is 2.08 bits per heavy atom. The van der Waals surface area contributed by atoms with E-state index in [0.717, 1.165) is 5.56 Å². The molecule has 13 heavy (non-hydrogen) atoms. The van der Waals surface area contributed by atoms with Gasteiger partial charge in [0.2, 0.25) is 0 Å². The molecule has 0 aliphatic carbocycles. The molecule has 1 N–H and O–H groups in total. The van der Waals surface area contributed by atoms with Gasteiger partial charge >= 0.3 is 5.97 Å². The van der Waals surface area contributed by atoms with Crippen LogP contribution >= 0.6 is 0 Å². The van der Waals surface area contributed by atoms with Crippen LogP contribution in [0, 0.1) is 0 Å². The highest BCUT2D eigenvalue weighted by atomic mass is 16.5. The molecule has 1 heterocycles. The van der Waals surface area contributed by atoms with Crippen molar-refractivity contribution in [1.29, 1.82) is 0 Å². The van der Waals surface area contributed by atoms with Crippen LogP contribution in [0.1, 0.15) is 19.4 Å². The van der Waals surface area contributed by atoms with Crippen LogP contribution in [0.5, 0.6) is 11.5 Å². The van der Waals surface area contributed by atoms with Crippen molar-refractivity contribution in [1.82, 2.24) is 0 Å². The summed E-state index contributed by atoms with van der Waals surface area (Å²) in [6.45, 7) is 3.56. The zero-order valence-corrected chi connectivity index (χ0v) is 7.50. The molecule has 0 aromatic heterocycles. The molecular formula is C10H10O3. The molecule has 3 heteroatoms. The number of benzene rings is 1. The molecule has 3 nitrogen and oxygen atoms in total. The minimum absolute atomic E-state index is 0.158. The number of hydrogen-bond donors (Lipinski definition) is 1. The maximum atomic E-state index is 11.4. The van der Waals surface area contributed by atoms with Gasteiger partial charge in [0.05, 0.1) is 5.41 Å². The molecule has 1 aromatic carbocycles. The van der Waals surface area contributed by atoms with Crippen molar-refractivity contribution >= 4 is 5.97 Å². The van der Waals surface area contributed by atoms with Crippen LogP contribution in [0.3, 0.4) is 0 Å². The van der Waals surface area contributed by atoms with Crippen molar-refractivity contribution in [3.05, 3.63) is 23.8 Å². The lowest BCUT2D eigenvalue weighted by Gasteiger charge is -2.12. The van der Waals surface area contributed by atoms with Crippen molar-refractivity contribution in [2.24, 2.45) is 0 Å². The van der Waals surface area contributed by atoms with Gasteiger partial charge in [-0.15, -0.1) is 0 Å². The minimum atomic E-state index is -0.645. The van der Waals surface area contributed by atoms with E-state index in [1.54, 1.807) is 26.0 Å². The number of ether oxygens (including phenoxy) is 1. The summed E-state index contributed by atoms with van der Waals surface area (Å²) in [7, 11) is 0. The Morgan fingerprint density at radius 1 is 1.38 bits per heavy atom. The van der Waals surface area contributed by atoms with Gasteiger partial charge in [0.25, 0.3) is 0 Å². The number of phenols is 1. The number of phenolic OH excluding ortho intramolecular Hbond substituents is 1. The van der Waals surface area contributed by atoms with Gasteiger partial charge in [-0.25, -0.2) is 0 Å². The Morgan fingerprint density at radius 3 is 2.77 bits per heavy atom. The van der Waals surface area contributed by atoms with Crippen LogP contribution in [-0.2, 0) is 10.2 Å². The van der Waals surface area contributed by atoms with Gasteiger partial charge in [-0.05, 0) is 32.0 Å². The van der Waals surface area contributed by atoms with E-state index < -0.39 is 5.41 Å². The van der Waals surface area contributed by atoms with Crippen LogP contribution < -0.4 is 4.74 Å². The summed E-state index contributed by atoms with van der Waals surface area (Å²) in [5.41, 5.74) is 0.103. The topological polar surface area (TPSA) is 46.5 Å². The second kappa shape index (κ2) is 2.25. The average molecular weight is 178 g/mol. The Labute approximate surface area is 76.0 Å². The number of rotatable bonds is 0. The molecule has 1 aromatic rings. The molecular weight excluding hydrogens is 168 g/mol. The molecule has 0 spiro atoms. The Kier molecular flexibility index (Phi) is 1.40. The number of aromatic hydroxyl groups is 1. The lowest BCUT2D eigenvalue weighted by atomic mass is 9.86. The van der Waals surface area contributed by atoms with Gasteiger partial charge in [0, 0.05) is 5.56 Å². The zero-order chi connectivity index (χ0) is 9.64. The summed E-state index contributed by atoms with van der Waals surface area (Å²) in [4.78, 5) is 11.4. The molecule has 1 aliphatic heterocycles. The van der Waals surface area contributed by atoms with Crippen LogP contribution in [0.2, 0.25) is 0 Å². The SMILES string of the molecule is CC1(C)C(=O)Oc2ccc(O)cc21. The van der Waals surface area contributed by atoms with Crippen LogP contribution in [-0.4, -0.2) is 11.1 Å². The minimum Gasteiger partial charge on any atom is -0.508 e. The predicted octanol–water partition coefficient (Wildman–Crippen LogP) is 1.59. The Hall–Kier alpha value is -1.51. The van der Waals surface area contributed by atoms with Crippen molar-refractivity contribution in [2.75, 3.05) is 0 Å². The monoisotopic (exact) mass is 178 g/mol. The summed E-state index contributed by atoms with van der Waals surface area (Å²) in [6.07, 6.45) is 0. The highest BCUT2D eigenvalue weighted by molar-refractivity contribution is 5.89. The lowest BCUT2D eigenvalue weighted by molar-refractivity contribution is -0.137. The van der Waals surface area contributed by atoms with Gasteiger partial charge in [-0.3, -0.25) is 4.79 Å². The third kappa shape index (κ3) is 1.00. The third-order valence-corrected chi connectivity index (χ3v) is 2.35. The third-order valence-electron chi connectivity index (χ3n) is 2.35. The number of fused-ring (bicyclic) bond motifs is 1. The number of carbonyl (C=O) groups excluding carboxylic acids is 1. The molecule has 2 rings (SSSR count). The highest BCUT2D eigenvalue weighted by Crippen LogP contribution is 2.40. The Balaban J connectivity index is 2.64. The molecule has 0 amide bonds. The van der Waals surface area contributed by atoms with E-state index >= 15 is 0 Å². The van der Waals surface area contributed by atoms with E-state index in [4.69, 9.17) is 4.74 Å². The summed E-state index contributed by atoms with van der Waals surface area (Å²) in [5, 5.41) is 9.25. The van der Waals surface area contributed by atoms with E-state index in [-0.39, 0.29) is 11.7 Å². The van der Waals surface area contributed by atoms with Crippen molar-refractivity contribution in [2.45, 2.75) is 19.3 Å². The van der Waals surface area contributed by atoms with E-state index in [9.17, 15) is 9.90 Å². The van der Waals surface area contributed by atoms with Gasteiger partial charge in [0.1, 0.15) is 11.5 Å². The van der Waals surface area contributed by atoms with E-state index in [0.29, 0.717) is 5.75 Å². The largest absolute Gasteiger partial charge is 0.508 e. The van der Waals surface area contributed by atoms with Gasteiger partial charge in [-0.2, -0.15) is 0 Å². The highest BCUT2D eigenvalue weighted by Gasteiger charge is 2.40. The van der Waals surface area contributed by atoms with Crippen molar-refractivity contribution in [3.8, 4) is 11.5 Å². The maximum absolute atomic E-state index is 11.4. The lowest BCUT2D eigenvalue weighted by Crippen LogP contribution is -2.25. The molecule has 0 atom stereocenters. The zero-order valence-electron chi connectivity index (χ0n) is 7.50.